The third-order valence-electron chi connectivity index (χ3n) is 4.01. The van der Waals surface area contributed by atoms with Gasteiger partial charge in [-0.1, -0.05) is 23.7 Å². The maximum atomic E-state index is 12.1. The minimum Gasteiger partial charge on any atom is -0.350 e. The zero-order valence-corrected chi connectivity index (χ0v) is 14.2. The van der Waals surface area contributed by atoms with Crippen LogP contribution in [0.1, 0.15) is 41.9 Å². The summed E-state index contributed by atoms with van der Waals surface area (Å²) in [5.41, 5.74) is 4.33. The number of carbonyl (C=O) groups excluding carboxylic acids is 1. The summed E-state index contributed by atoms with van der Waals surface area (Å²) in [6.07, 6.45) is 1.18. The average Bonchev–Trinajstić information content (AvgIpc) is 2.70. The smallest absolute Gasteiger partial charge is 0.220 e. The number of carbonyl (C=O) groups is 1. The molecule has 22 heavy (non-hydrogen) atoms. The largest absolute Gasteiger partial charge is 0.350 e. The van der Waals surface area contributed by atoms with Gasteiger partial charge in [-0.05, 0) is 50.5 Å². The molecule has 0 bridgehead atoms. The minimum atomic E-state index is -0.0270. The van der Waals surface area contributed by atoms with E-state index in [1.807, 2.05) is 56.8 Å². The summed E-state index contributed by atoms with van der Waals surface area (Å²) in [5.74, 6) is 0.0464. The van der Waals surface area contributed by atoms with Gasteiger partial charge in [-0.15, -0.1) is 0 Å². The van der Waals surface area contributed by atoms with Crippen molar-refractivity contribution in [3.05, 3.63) is 51.8 Å². The Morgan fingerprint density at radius 2 is 1.95 bits per heavy atom. The molecule has 4 nitrogen and oxygen atoms in total. The van der Waals surface area contributed by atoms with Gasteiger partial charge < -0.3 is 5.32 Å². The van der Waals surface area contributed by atoms with Crippen LogP contribution in [0.25, 0.3) is 0 Å². The Bertz CT molecular complexity index is 661. The van der Waals surface area contributed by atoms with Crippen LogP contribution in [0.5, 0.6) is 0 Å². The summed E-state index contributed by atoms with van der Waals surface area (Å²) in [5, 5.41) is 8.10. The summed E-state index contributed by atoms with van der Waals surface area (Å²) in [6, 6.07) is 7.51. The average molecular weight is 320 g/mol. The lowest BCUT2D eigenvalue weighted by atomic mass is 10.1. The summed E-state index contributed by atoms with van der Waals surface area (Å²) >= 11 is 5.88. The van der Waals surface area contributed by atoms with Crippen LogP contribution in [0, 0.1) is 13.8 Å². The van der Waals surface area contributed by atoms with Crippen LogP contribution in [0.15, 0.2) is 24.3 Å². The highest BCUT2D eigenvalue weighted by Crippen LogP contribution is 2.17. The van der Waals surface area contributed by atoms with Crippen LogP contribution in [-0.2, 0) is 18.3 Å². The fourth-order valence-corrected chi connectivity index (χ4v) is 2.69. The first-order chi connectivity index (χ1) is 10.4. The van der Waals surface area contributed by atoms with Crippen LogP contribution in [0.2, 0.25) is 5.02 Å². The predicted molar refractivity (Wildman–Crippen MR) is 89.0 cm³/mol. The molecule has 0 radical (unpaired) electrons. The van der Waals surface area contributed by atoms with Crippen molar-refractivity contribution in [2.45, 2.75) is 39.7 Å². The third-order valence-corrected chi connectivity index (χ3v) is 4.26. The van der Waals surface area contributed by atoms with Gasteiger partial charge in [0.1, 0.15) is 0 Å². The standard InChI is InChI=1S/C17H22ClN3O/c1-11(14-5-7-15(18)8-6-14)19-17(22)10-9-16-12(2)20-21(4)13(16)3/h5-8,11H,9-10H2,1-4H3,(H,19,22)/t11-/m1/s1. The molecule has 0 fully saturated rings. The fourth-order valence-electron chi connectivity index (χ4n) is 2.57. The van der Waals surface area contributed by atoms with Crippen molar-refractivity contribution in [3.63, 3.8) is 0 Å². The van der Waals surface area contributed by atoms with E-state index in [0.717, 1.165) is 22.5 Å². The first-order valence-corrected chi connectivity index (χ1v) is 7.80. The van der Waals surface area contributed by atoms with E-state index in [-0.39, 0.29) is 11.9 Å². The van der Waals surface area contributed by atoms with Gasteiger partial charge in [-0.25, -0.2) is 0 Å². The highest BCUT2D eigenvalue weighted by molar-refractivity contribution is 6.30. The molecule has 1 amide bonds. The number of hydrogen-bond acceptors (Lipinski definition) is 2. The summed E-state index contributed by atoms with van der Waals surface area (Å²) in [7, 11) is 1.93. The van der Waals surface area contributed by atoms with Crippen LogP contribution in [0.4, 0.5) is 0 Å². The predicted octanol–water partition coefficient (Wildman–Crippen LogP) is 3.50. The van der Waals surface area contributed by atoms with Gasteiger partial charge >= 0.3 is 0 Å². The molecule has 0 saturated heterocycles. The highest BCUT2D eigenvalue weighted by atomic mass is 35.5. The van der Waals surface area contributed by atoms with E-state index < -0.39 is 0 Å². The normalized spacial score (nSPS) is 12.2. The number of hydrogen-bond donors (Lipinski definition) is 1. The van der Waals surface area contributed by atoms with Crippen molar-refractivity contribution in [1.82, 2.24) is 15.1 Å². The molecule has 0 saturated carbocycles. The van der Waals surface area contributed by atoms with E-state index in [1.54, 1.807) is 0 Å². The summed E-state index contributed by atoms with van der Waals surface area (Å²) < 4.78 is 1.86. The zero-order chi connectivity index (χ0) is 16.3. The number of aromatic nitrogens is 2. The van der Waals surface area contributed by atoms with E-state index in [9.17, 15) is 4.79 Å². The zero-order valence-electron chi connectivity index (χ0n) is 13.5. The first kappa shape index (κ1) is 16.6. The second-order valence-electron chi connectivity index (χ2n) is 5.61. The second-order valence-corrected chi connectivity index (χ2v) is 6.05. The van der Waals surface area contributed by atoms with Gasteiger partial charge in [-0.3, -0.25) is 9.48 Å². The number of rotatable bonds is 5. The van der Waals surface area contributed by atoms with E-state index >= 15 is 0 Å². The molecule has 0 aliphatic carbocycles. The summed E-state index contributed by atoms with van der Waals surface area (Å²) in [4.78, 5) is 12.1. The lowest BCUT2D eigenvalue weighted by Gasteiger charge is -2.14. The third kappa shape index (κ3) is 3.89. The molecule has 1 N–H and O–H groups in total. The molecule has 0 aliphatic heterocycles. The van der Waals surface area contributed by atoms with Crippen molar-refractivity contribution in [2.24, 2.45) is 7.05 Å². The molecule has 2 rings (SSSR count). The molecular formula is C17H22ClN3O. The highest BCUT2D eigenvalue weighted by Gasteiger charge is 2.13. The van der Waals surface area contributed by atoms with Crippen molar-refractivity contribution >= 4 is 17.5 Å². The molecule has 1 atom stereocenters. The maximum absolute atomic E-state index is 12.1. The van der Waals surface area contributed by atoms with Crippen LogP contribution < -0.4 is 5.32 Å². The minimum absolute atomic E-state index is 0.0270. The Balaban J connectivity index is 1.91. The molecule has 0 spiro atoms. The SMILES string of the molecule is Cc1nn(C)c(C)c1CCC(=O)N[C@H](C)c1ccc(Cl)cc1. The van der Waals surface area contributed by atoms with Gasteiger partial charge in [0.15, 0.2) is 0 Å². The van der Waals surface area contributed by atoms with Gasteiger partial charge in [0.25, 0.3) is 0 Å². The number of nitrogens with one attached hydrogen (secondary N) is 1. The van der Waals surface area contributed by atoms with Crippen LogP contribution in [0.3, 0.4) is 0 Å². The topological polar surface area (TPSA) is 46.9 Å². The Kier molecular flexibility index (Phi) is 5.24. The number of nitrogens with zero attached hydrogens (tertiary/aromatic N) is 2. The first-order valence-electron chi connectivity index (χ1n) is 7.42. The molecule has 5 heteroatoms. The molecular weight excluding hydrogens is 298 g/mol. The molecule has 0 aliphatic rings. The van der Waals surface area contributed by atoms with E-state index in [4.69, 9.17) is 11.6 Å². The fraction of sp³-hybridized carbons (Fsp3) is 0.412. The number of aryl methyl sites for hydroxylation is 2. The van der Waals surface area contributed by atoms with Gasteiger partial charge in [0.05, 0.1) is 11.7 Å². The molecule has 1 heterocycles. The Morgan fingerprint density at radius 3 is 2.50 bits per heavy atom. The molecule has 0 unspecified atom stereocenters. The quantitative estimate of drug-likeness (QED) is 0.917. The Labute approximate surface area is 136 Å². The van der Waals surface area contributed by atoms with Gasteiger partial charge in [-0.2, -0.15) is 5.10 Å². The molecule has 1 aromatic carbocycles. The van der Waals surface area contributed by atoms with E-state index in [2.05, 4.69) is 10.4 Å². The second kappa shape index (κ2) is 6.97. The lowest BCUT2D eigenvalue weighted by molar-refractivity contribution is -0.121. The van der Waals surface area contributed by atoms with Crippen LogP contribution >= 0.6 is 11.6 Å². The summed E-state index contributed by atoms with van der Waals surface area (Å²) in [6.45, 7) is 5.99. The van der Waals surface area contributed by atoms with E-state index in [0.29, 0.717) is 17.9 Å². The Hall–Kier alpha value is -1.81. The van der Waals surface area contributed by atoms with Crippen molar-refractivity contribution in [2.75, 3.05) is 0 Å². The van der Waals surface area contributed by atoms with Gasteiger partial charge in [0, 0.05) is 24.2 Å². The number of benzene rings is 1. The van der Waals surface area contributed by atoms with E-state index in [1.165, 1.54) is 0 Å². The maximum Gasteiger partial charge on any atom is 0.220 e. The van der Waals surface area contributed by atoms with Gasteiger partial charge in [0.2, 0.25) is 5.91 Å². The molecule has 2 aromatic rings. The monoisotopic (exact) mass is 319 g/mol. The van der Waals surface area contributed by atoms with Crippen molar-refractivity contribution < 1.29 is 4.79 Å². The Morgan fingerprint density at radius 1 is 1.32 bits per heavy atom. The number of halogens is 1. The lowest BCUT2D eigenvalue weighted by Crippen LogP contribution is -2.26. The molecule has 118 valence electrons. The number of amides is 1. The molecule has 1 aromatic heterocycles. The van der Waals surface area contributed by atoms with Crippen LogP contribution in [-0.4, -0.2) is 15.7 Å². The van der Waals surface area contributed by atoms with Crippen molar-refractivity contribution in [3.8, 4) is 0 Å². The van der Waals surface area contributed by atoms with Crippen molar-refractivity contribution in [1.29, 1.82) is 0 Å².